The molecule has 1 fully saturated rings. The van der Waals surface area contributed by atoms with Gasteiger partial charge in [-0.15, -0.1) is 0 Å². The van der Waals surface area contributed by atoms with E-state index in [-0.39, 0.29) is 18.0 Å². The molecule has 2 aliphatic heterocycles. The van der Waals surface area contributed by atoms with Crippen molar-refractivity contribution in [2.24, 2.45) is 5.92 Å². The number of aliphatic hydroxyl groups is 1. The summed E-state index contributed by atoms with van der Waals surface area (Å²) < 4.78 is 0. The zero-order chi connectivity index (χ0) is 24.0. The van der Waals surface area contributed by atoms with Crippen LogP contribution < -0.4 is 5.32 Å². The predicted octanol–water partition coefficient (Wildman–Crippen LogP) is 3.69. The third-order valence-corrected chi connectivity index (χ3v) is 7.48. The van der Waals surface area contributed by atoms with Crippen molar-refractivity contribution in [1.82, 2.24) is 20.1 Å². The van der Waals surface area contributed by atoms with E-state index in [0.29, 0.717) is 19.5 Å². The van der Waals surface area contributed by atoms with Crippen LogP contribution in [0.5, 0.6) is 0 Å². The van der Waals surface area contributed by atoms with Crippen LogP contribution in [0.4, 0.5) is 4.79 Å². The molecule has 2 aliphatic rings. The van der Waals surface area contributed by atoms with Crippen LogP contribution in [0.15, 0.2) is 48.5 Å². The van der Waals surface area contributed by atoms with E-state index < -0.39 is 18.1 Å². The van der Waals surface area contributed by atoms with Crippen molar-refractivity contribution < 1.29 is 14.7 Å². The quantitative estimate of drug-likeness (QED) is 0.555. The number of nitrogens with zero attached hydrogens (tertiary/aromatic N) is 2. The minimum atomic E-state index is -0.843. The molecule has 0 bridgehead atoms. The Kier molecular flexibility index (Phi) is 5.81. The van der Waals surface area contributed by atoms with Gasteiger partial charge in [0.15, 0.2) is 0 Å². The number of hydrogen-bond acceptors (Lipinski definition) is 3. The van der Waals surface area contributed by atoms with E-state index in [2.05, 4.69) is 40.6 Å². The fourth-order valence-electron chi connectivity index (χ4n) is 5.84. The Balaban J connectivity index is 1.59. The lowest BCUT2D eigenvalue weighted by Gasteiger charge is -2.48. The van der Waals surface area contributed by atoms with Gasteiger partial charge in [-0.3, -0.25) is 4.79 Å². The lowest BCUT2D eigenvalue weighted by molar-refractivity contribution is -0.151. The van der Waals surface area contributed by atoms with Crippen LogP contribution in [0.2, 0.25) is 0 Å². The molecule has 0 saturated carbocycles. The highest BCUT2D eigenvalue weighted by Gasteiger charge is 2.49. The van der Waals surface area contributed by atoms with Crippen molar-refractivity contribution in [3.63, 3.8) is 0 Å². The van der Waals surface area contributed by atoms with E-state index in [9.17, 15) is 14.7 Å². The number of nitrogens with one attached hydrogen (secondary N) is 2. The van der Waals surface area contributed by atoms with Crippen molar-refractivity contribution >= 4 is 22.8 Å². The zero-order valence-electron chi connectivity index (χ0n) is 19.9. The first-order chi connectivity index (χ1) is 16.4. The first-order valence-corrected chi connectivity index (χ1v) is 12.1. The highest BCUT2D eigenvalue weighted by molar-refractivity contribution is 5.97. The van der Waals surface area contributed by atoms with Gasteiger partial charge in [-0.25, -0.2) is 4.79 Å². The molecule has 1 saturated heterocycles. The molecule has 0 spiro atoms. The molecule has 0 aliphatic carbocycles. The maximum atomic E-state index is 13.6. The molecule has 2 aromatic carbocycles. The lowest BCUT2D eigenvalue weighted by Crippen LogP contribution is -2.60. The van der Waals surface area contributed by atoms with Gasteiger partial charge in [0.2, 0.25) is 5.91 Å². The fourth-order valence-corrected chi connectivity index (χ4v) is 5.84. The minimum Gasteiger partial charge on any atom is -0.393 e. The number of carbonyl (C=O) groups is 2. The number of benzene rings is 2. The first-order valence-electron chi connectivity index (χ1n) is 12.1. The number of para-hydroxylation sites is 1. The molecule has 7 nitrogen and oxygen atoms in total. The number of aliphatic hydroxyl groups excluding tert-OH is 1. The van der Waals surface area contributed by atoms with Gasteiger partial charge < -0.3 is 25.2 Å². The molecular weight excluding hydrogens is 428 g/mol. The zero-order valence-corrected chi connectivity index (χ0v) is 19.9. The number of amides is 3. The number of aromatic nitrogens is 1. The molecule has 178 valence electrons. The molecule has 1 aromatic heterocycles. The largest absolute Gasteiger partial charge is 0.393 e. The summed E-state index contributed by atoms with van der Waals surface area (Å²) in [5.41, 5.74) is 5.66. The van der Waals surface area contributed by atoms with Gasteiger partial charge in [-0.05, 0) is 37.8 Å². The fraction of sp³-hybridized carbons (Fsp3) is 0.407. The Labute approximate surface area is 199 Å². The summed E-state index contributed by atoms with van der Waals surface area (Å²) in [5.74, 6) is -0.727. The van der Waals surface area contributed by atoms with E-state index in [4.69, 9.17) is 0 Å². The molecule has 3 amide bonds. The van der Waals surface area contributed by atoms with Gasteiger partial charge in [0.05, 0.1) is 23.6 Å². The highest BCUT2D eigenvalue weighted by atomic mass is 16.3. The van der Waals surface area contributed by atoms with E-state index >= 15 is 0 Å². The second kappa shape index (κ2) is 8.80. The maximum absolute atomic E-state index is 13.6. The lowest BCUT2D eigenvalue weighted by atomic mass is 9.79. The summed E-state index contributed by atoms with van der Waals surface area (Å²) in [4.78, 5) is 33.5. The Hall–Kier alpha value is -3.32. The molecule has 0 unspecified atom stereocenters. The van der Waals surface area contributed by atoms with Gasteiger partial charge >= 0.3 is 6.03 Å². The van der Waals surface area contributed by atoms with Crippen LogP contribution in [0.3, 0.4) is 0 Å². The molecule has 3 aromatic rings. The van der Waals surface area contributed by atoms with Crippen molar-refractivity contribution in [2.45, 2.75) is 44.9 Å². The Bertz CT molecular complexity index is 1220. The van der Waals surface area contributed by atoms with Crippen molar-refractivity contribution in [3.05, 3.63) is 59.8 Å². The normalized spacial score (nSPS) is 22.8. The Morgan fingerprint density at radius 1 is 1.24 bits per heavy atom. The minimum absolute atomic E-state index is 0.0833. The second-order valence-corrected chi connectivity index (χ2v) is 9.42. The van der Waals surface area contributed by atoms with Gasteiger partial charge in [0, 0.05) is 42.8 Å². The van der Waals surface area contributed by atoms with Crippen molar-refractivity contribution in [2.75, 3.05) is 20.1 Å². The van der Waals surface area contributed by atoms with Gasteiger partial charge in [-0.1, -0.05) is 48.5 Å². The third kappa shape index (κ3) is 3.55. The molecule has 5 rings (SSSR count). The Morgan fingerprint density at radius 2 is 2.00 bits per heavy atom. The number of urea groups is 1. The van der Waals surface area contributed by atoms with E-state index in [0.717, 1.165) is 28.8 Å². The molecule has 0 radical (unpaired) electrons. The maximum Gasteiger partial charge on any atom is 0.317 e. The van der Waals surface area contributed by atoms with Gasteiger partial charge in [0.1, 0.15) is 0 Å². The standard InChI is InChI=1S/C27H32N4O3/c1-4-28-27(34)30(3)21-15-22-25-20(13-14-31(22)26(33)23(21)16(2)32)19-12-8-11-18(24(19)29-25)17-9-6-5-7-10-17/h5-12,16,21-23,29,32H,4,13-15H2,1-3H3,(H,28,34)/t16-,21-,22-,23-/m0/s1. The monoisotopic (exact) mass is 460 g/mol. The average molecular weight is 461 g/mol. The van der Waals surface area contributed by atoms with Crippen molar-refractivity contribution in [1.29, 1.82) is 0 Å². The van der Waals surface area contributed by atoms with Gasteiger partial charge in [-0.2, -0.15) is 0 Å². The van der Waals surface area contributed by atoms with Crippen molar-refractivity contribution in [3.8, 4) is 11.1 Å². The smallest absolute Gasteiger partial charge is 0.317 e. The molecular formula is C27H32N4O3. The number of hydrogen-bond donors (Lipinski definition) is 3. The highest BCUT2D eigenvalue weighted by Crippen LogP contribution is 2.44. The number of piperidine rings is 1. The molecule has 34 heavy (non-hydrogen) atoms. The topological polar surface area (TPSA) is 88.7 Å². The number of rotatable bonds is 4. The van der Waals surface area contributed by atoms with E-state index in [1.807, 2.05) is 30.0 Å². The summed E-state index contributed by atoms with van der Waals surface area (Å²) >= 11 is 0. The number of aromatic amines is 1. The summed E-state index contributed by atoms with van der Waals surface area (Å²) in [7, 11) is 1.72. The summed E-state index contributed by atoms with van der Waals surface area (Å²) in [6, 6.07) is 15.9. The van der Waals surface area contributed by atoms with E-state index in [1.165, 1.54) is 10.9 Å². The molecule has 3 N–H and O–H groups in total. The van der Waals surface area contributed by atoms with Crippen LogP contribution in [0.25, 0.3) is 22.0 Å². The van der Waals surface area contributed by atoms with Crippen LogP contribution in [0.1, 0.15) is 37.6 Å². The second-order valence-electron chi connectivity index (χ2n) is 9.42. The van der Waals surface area contributed by atoms with Crippen LogP contribution in [0, 0.1) is 5.92 Å². The van der Waals surface area contributed by atoms with Crippen LogP contribution >= 0.6 is 0 Å². The van der Waals surface area contributed by atoms with Crippen LogP contribution in [-0.4, -0.2) is 64.1 Å². The SMILES string of the molecule is CCNC(=O)N(C)[C@H]1C[C@H]2c3[nH]c4c(-c5ccccc5)cccc4c3CCN2C(=O)[C@H]1[C@H](C)O. The summed E-state index contributed by atoms with van der Waals surface area (Å²) in [5, 5.41) is 14.5. The number of H-pyrrole nitrogens is 1. The molecule has 7 heteroatoms. The molecule has 4 atom stereocenters. The predicted molar refractivity (Wildman–Crippen MR) is 132 cm³/mol. The summed E-state index contributed by atoms with van der Waals surface area (Å²) in [6.07, 6.45) is 0.498. The first kappa shape index (κ1) is 22.5. The number of fused-ring (bicyclic) bond motifs is 5. The van der Waals surface area contributed by atoms with E-state index in [1.54, 1.807) is 18.9 Å². The third-order valence-electron chi connectivity index (χ3n) is 7.48. The van der Waals surface area contributed by atoms with Gasteiger partial charge in [0.25, 0.3) is 0 Å². The average Bonchev–Trinajstić information content (AvgIpc) is 3.23. The molecule has 3 heterocycles. The van der Waals surface area contributed by atoms with Crippen LogP contribution in [-0.2, 0) is 11.2 Å². The Morgan fingerprint density at radius 3 is 2.71 bits per heavy atom. The number of carbonyl (C=O) groups excluding carboxylic acids is 2. The summed E-state index contributed by atoms with van der Waals surface area (Å²) in [6.45, 7) is 4.63.